The maximum Gasteiger partial charge on any atom is 0.344 e. The molecule has 0 amide bonds. The van der Waals surface area contributed by atoms with Crippen molar-refractivity contribution >= 4 is 11.6 Å². The fraction of sp³-hybridized carbons (Fsp3) is 0.188. The summed E-state index contributed by atoms with van der Waals surface area (Å²) in [6.45, 7) is 2.01. The summed E-state index contributed by atoms with van der Waals surface area (Å²) in [5, 5.41) is 4.08. The van der Waals surface area contributed by atoms with Crippen molar-refractivity contribution in [3.05, 3.63) is 54.0 Å². The Bertz CT molecular complexity index is 890. The van der Waals surface area contributed by atoms with Crippen molar-refractivity contribution in [1.82, 2.24) is 14.6 Å². The van der Waals surface area contributed by atoms with Gasteiger partial charge in [-0.3, -0.25) is 0 Å². The molecule has 116 valence electrons. The third-order valence-corrected chi connectivity index (χ3v) is 3.65. The average Bonchev–Trinajstić information content (AvgIpc) is 3.20. The van der Waals surface area contributed by atoms with Crippen LogP contribution in [-0.2, 0) is 4.74 Å². The van der Waals surface area contributed by atoms with E-state index in [4.69, 9.17) is 14.2 Å². The van der Waals surface area contributed by atoms with Crippen molar-refractivity contribution in [2.75, 3.05) is 6.79 Å². The zero-order valence-corrected chi connectivity index (χ0v) is 12.3. The number of hydrogen-bond donors (Lipinski definition) is 0. The van der Waals surface area contributed by atoms with Crippen LogP contribution in [0.4, 0.5) is 0 Å². The second-order valence-electron chi connectivity index (χ2n) is 5.11. The number of ether oxygens (including phenoxy) is 3. The fourth-order valence-electron chi connectivity index (χ4n) is 2.43. The average molecular weight is 311 g/mol. The SMILES string of the molecule is C[C@H](OC(=O)c1cnn2cccnc12)c1ccc2c(c1)OCO2. The Morgan fingerprint density at radius 2 is 2.22 bits per heavy atom. The van der Waals surface area contributed by atoms with E-state index in [2.05, 4.69) is 10.1 Å². The van der Waals surface area contributed by atoms with E-state index in [1.807, 2.05) is 12.1 Å². The summed E-state index contributed by atoms with van der Waals surface area (Å²) in [4.78, 5) is 16.5. The van der Waals surface area contributed by atoms with Crippen molar-refractivity contribution in [2.24, 2.45) is 0 Å². The molecule has 3 aromatic rings. The second-order valence-corrected chi connectivity index (χ2v) is 5.11. The van der Waals surface area contributed by atoms with Crippen molar-refractivity contribution in [3.8, 4) is 11.5 Å². The lowest BCUT2D eigenvalue weighted by Crippen LogP contribution is -2.09. The lowest BCUT2D eigenvalue weighted by Gasteiger charge is -2.13. The minimum absolute atomic E-state index is 0.209. The fourth-order valence-corrected chi connectivity index (χ4v) is 2.43. The van der Waals surface area contributed by atoms with Gasteiger partial charge in [-0.1, -0.05) is 6.07 Å². The molecule has 7 heteroatoms. The van der Waals surface area contributed by atoms with Gasteiger partial charge in [0.25, 0.3) is 0 Å². The molecule has 7 nitrogen and oxygen atoms in total. The van der Waals surface area contributed by atoms with Crippen LogP contribution in [0.2, 0.25) is 0 Å². The van der Waals surface area contributed by atoms with Gasteiger partial charge in [-0.2, -0.15) is 5.10 Å². The molecule has 0 unspecified atom stereocenters. The number of aromatic nitrogens is 3. The monoisotopic (exact) mass is 311 g/mol. The molecule has 0 saturated carbocycles. The first-order valence-corrected chi connectivity index (χ1v) is 7.11. The summed E-state index contributed by atoms with van der Waals surface area (Å²) in [7, 11) is 0. The van der Waals surface area contributed by atoms with E-state index in [9.17, 15) is 4.79 Å². The molecular formula is C16H13N3O4. The van der Waals surface area contributed by atoms with Gasteiger partial charge in [0.2, 0.25) is 6.79 Å². The Kier molecular flexibility index (Phi) is 3.11. The summed E-state index contributed by atoms with van der Waals surface area (Å²) in [6.07, 6.45) is 4.35. The van der Waals surface area contributed by atoms with E-state index in [1.165, 1.54) is 10.7 Å². The first-order valence-electron chi connectivity index (χ1n) is 7.11. The molecule has 23 heavy (non-hydrogen) atoms. The topological polar surface area (TPSA) is 75.0 Å². The zero-order valence-electron chi connectivity index (χ0n) is 12.3. The quantitative estimate of drug-likeness (QED) is 0.691. The smallest absolute Gasteiger partial charge is 0.344 e. The van der Waals surface area contributed by atoms with Gasteiger partial charge >= 0.3 is 5.97 Å². The Morgan fingerprint density at radius 1 is 1.35 bits per heavy atom. The molecule has 0 spiro atoms. The maximum atomic E-state index is 12.4. The predicted molar refractivity (Wildman–Crippen MR) is 79.4 cm³/mol. The predicted octanol–water partition coefficient (Wildman–Crippen LogP) is 2.38. The van der Waals surface area contributed by atoms with Crippen molar-refractivity contribution in [3.63, 3.8) is 0 Å². The summed E-state index contributed by atoms with van der Waals surface area (Å²) >= 11 is 0. The highest BCUT2D eigenvalue weighted by Gasteiger charge is 2.21. The Morgan fingerprint density at radius 3 is 3.13 bits per heavy atom. The van der Waals surface area contributed by atoms with E-state index in [-0.39, 0.29) is 6.79 Å². The first-order chi connectivity index (χ1) is 11.2. The minimum atomic E-state index is -0.469. The third-order valence-electron chi connectivity index (χ3n) is 3.65. The van der Waals surface area contributed by atoms with Gasteiger partial charge in [0.05, 0.1) is 6.20 Å². The molecule has 1 aliphatic rings. The molecule has 0 N–H and O–H groups in total. The molecule has 1 atom stereocenters. The summed E-state index contributed by atoms with van der Waals surface area (Å²) in [5.41, 5.74) is 1.63. The Labute approximate surface area is 131 Å². The molecule has 0 bridgehead atoms. The van der Waals surface area contributed by atoms with Crippen LogP contribution in [-0.4, -0.2) is 27.4 Å². The van der Waals surface area contributed by atoms with Crippen LogP contribution < -0.4 is 9.47 Å². The Balaban J connectivity index is 1.56. The van der Waals surface area contributed by atoms with Gasteiger partial charge < -0.3 is 14.2 Å². The van der Waals surface area contributed by atoms with Gasteiger partial charge in [0.15, 0.2) is 17.1 Å². The van der Waals surface area contributed by atoms with Gasteiger partial charge in [-0.05, 0) is 30.7 Å². The molecule has 1 aliphatic heterocycles. The molecule has 0 aliphatic carbocycles. The number of hydrogen-bond acceptors (Lipinski definition) is 6. The van der Waals surface area contributed by atoms with Crippen LogP contribution in [0.5, 0.6) is 11.5 Å². The molecule has 0 saturated heterocycles. The number of carbonyl (C=O) groups is 1. The van der Waals surface area contributed by atoms with E-state index < -0.39 is 12.1 Å². The van der Waals surface area contributed by atoms with E-state index in [0.717, 1.165) is 5.56 Å². The summed E-state index contributed by atoms with van der Waals surface area (Å²) in [5.74, 6) is 0.881. The maximum absolute atomic E-state index is 12.4. The normalized spacial score (nSPS) is 14.0. The van der Waals surface area contributed by atoms with Crippen molar-refractivity contribution in [2.45, 2.75) is 13.0 Å². The number of carbonyl (C=O) groups excluding carboxylic acids is 1. The number of fused-ring (bicyclic) bond motifs is 2. The van der Waals surface area contributed by atoms with Crippen molar-refractivity contribution < 1.29 is 19.0 Å². The number of nitrogens with zero attached hydrogens (tertiary/aromatic N) is 3. The van der Waals surface area contributed by atoms with Gasteiger partial charge in [0.1, 0.15) is 11.7 Å². The van der Waals surface area contributed by atoms with Crippen LogP contribution in [0, 0.1) is 0 Å². The highest BCUT2D eigenvalue weighted by atomic mass is 16.7. The number of rotatable bonds is 3. The third kappa shape index (κ3) is 2.36. The standard InChI is InChI=1S/C16H13N3O4/c1-10(11-3-4-13-14(7-11)22-9-21-13)23-16(20)12-8-18-19-6-2-5-17-15(12)19/h2-8,10H,9H2,1H3/t10-/m0/s1. The zero-order chi connectivity index (χ0) is 15.8. The summed E-state index contributed by atoms with van der Waals surface area (Å²) in [6, 6.07) is 7.21. The van der Waals surface area contributed by atoms with Crippen LogP contribution in [0.25, 0.3) is 5.65 Å². The van der Waals surface area contributed by atoms with Crippen LogP contribution in [0.1, 0.15) is 28.9 Å². The van der Waals surface area contributed by atoms with Gasteiger partial charge in [-0.25, -0.2) is 14.3 Å². The minimum Gasteiger partial charge on any atom is -0.454 e. The van der Waals surface area contributed by atoms with E-state index >= 15 is 0 Å². The van der Waals surface area contributed by atoms with Crippen LogP contribution >= 0.6 is 0 Å². The number of benzene rings is 1. The molecule has 0 fully saturated rings. The van der Waals surface area contributed by atoms with E-state index in [1.54, 1.807) is 31.5 Å². The van der Waals surface area contributed by atoms with Crippen molar-refractivity contribution in [1.29, 1.82) is 0 Å². The lowest BCUT2D eigenvalue weighted by molar-refractivity contribution is 0.0339. The highest BCUT2D eigenvalue weighted by molar-refractivity contribution is 5.95. The van der Waals surface area contributed by atoms with Crippen LogP contribution in [0.15, 0.2) is 42.9 Å². The molecule has 2 aromatic heterocycles. The first kappa shape index (κ1) is 13.6. The largest absolute Gasteiger partial charge is 0.454 e. The molecule has 4 rings (SSSR count). The number of esters is 1. The van der Waals surface area contributed by atoms with Gasteiger partial charge in [0, 0.05) is 12.4 Å². The second kappa shape index (κ2) is 5.28. The van der Waals surface area contributed by atoms with Gasteiger partial charge in [-0.15, -0.1) is 0 Å². The Hall–Kier alpha value is -3.09. The highest BCUT2D eigenvalue weighted by Crippen LogP contribution is 2.35. The summed E-state index contributed by atoms with van der Waals surface area (Å²) < 4.78 is 17.7. The lowest BCUT2D eigenvalue weighted by atomic mass is 10.1. The molecule has 3 heterocycles. The molecule has 1 aromatic carbocycles. The molecule has 0 radical (unpaired) electrons. The molecular weight excluding hydrogens is 298 g/mol. The van der Waals surface area contributed by atoms with E-state index in [0.29, 0.717) is 22.7 Å². The van der Waals surface area contributed by atoms with Crippen LogP contribution in [0.3, 0.4) is 0 Å².